The van der Waals surface area contributed by atoms with Gasteiger partial charge in [-0.15, -0.1) is 11.3 Å². The first kappa shape index (κ1) is 15.4. The fourth-order valence-electron chi connectivity index (χ4n) is 1.66. The number of pyridine rings is 1. The number of aromatic nitrogens is 1. The number of nitrogens with zero attached hydrogens (tertiary/aromatic N) is 2. The fraction of sp³-hybridized carbons (Fsp3) is 0.250. The van der Waals surface area contributed by atoms with E-state index in [0.29, 0.717) is 4.34 Å². The second kappa shape index (κ2) is 6.17. The summed E-state index contributed by atoms with van der Waals surface area (Å²) in [5, 5.41) is -0.551. The Morgan fingerprint density at radius 3 is 2.70 bits per heavy atom. The molecule has 0 unspecified atom stereocenters. The Hall–Kier alpha value is -1.02. The van der Waals surface area contributed by atoms with Gasteiger partial charge in [-0.1, -0.05) is 18.5 Å². The lowest BCUT2D eigenvalue weighted by Gasteiger charge is -2.19. The van der Waals surface area contributed by atoms with Gasteiger partial charge in [0, 0.05) is 24.2 Å². The lowest BCUT2D eigenvalue weighted by Crippen LogP contribution is -2.31. The molecular formula is C12H12ClFN2O2S2. The van der Waals surface area contributed by atoms with Crippen LogP contribution in [0.3, 0.4) is 0 Å². The van der Waals surface area contributed by atoms with E-state index in [0.717, 1.165) is 10.9 Å². The number of thiophene rings is 1. The van der Waals surface area contributed by atoms with Crippen molar-refractivity contribution in [1.29, 1.82) is 0 Å². The van der Waals surface area contributed by atoms with Crippen LogP contribution in [0.1, 0.15) is 11.8 Å². The molecule has 0 aliphatic heterocycles. The lowest BCUT2D eigenvalue weighted by atomic mass is 10.4. The second-order valence-electron chi connectivity index (χ2n) is 3.93. The van der Waals surface area contributed by atoms with Crippen LogP contribution in [0.5, 0.6) is 0 Å². The van der Waals surface area contributed by atoms with Gasteiger partial charge in [0.05, 0.1) is 4.34 Å². The molecule has 8 heteroatoms. The van der Waals surface area contributed by atoms with E-state index >= 15 is 0 Å². The summed E-state index contributed by atoms with van der Waals surface area (Å²) in [7, 11) is -3.96. The highest BCUT2D eigenvalue weighted by Crippen LogP contribution is 2.25. The first-order chi connectivity index (χ1) is 9.45. The van der Waals surface area contributed by atoms with Gasteiger partial charge >= 0.3 is 0 Å². The highest BCUT2D eigenvalue weighted by Gasteiger charge is 2.28. The molecule has 0 saturated heterocycles. The van der Waals surface area contributed by atoms with Gasteiger partial charge < -0.3 is 0 Å². The van der Waals surface area contributed by atoms with Crippen LogP contribution in [0.4, 0.5) is 4.39 Å². The van der Waals surface area contributed by atoms with Crippen molar-refractivity contribution < 1.29 is 12.8 Å². The molecule has 2 aromatic heterocycles. The Balaban J connectivity index is 2.33. The second-order valence-corrected chi connectivity index (χ2v) is 7.58. The first-order valence-electron chi connectivity index (χ1n) is 5.80. The van der Waals surface area contributed by atoms with E-state index in [1.807, 2.05) is 0 Å². The maximum absolute atomic E-state index is 13.6. The molecule has 4 nitrogen and oxygen atoms in total. The van der Waals surface area contributed by atoms with Crippen molar-refractivity contribution in [2.24, 2.45) is 0 Å². The Morgan fingerprint density at radius 2 is 2.15 bits per heavy atom. The molecule has 0 aromatic carbocycles. The molecule has 0 atom stereocenters. The first-order valence-corrected chi connectivity index (χ1v) is 8.43. The van der Waals surface area contributed by atoms with Gasteiger partial charge in [-0.2, -0.15) is 4.31 Å². The summed E-state index contributed by atoms with van der Waals surface area (Å²) in [6.07, 6.45) is 1.26. The molecule has 108 valence electrons. The van der Waals surface area contributed by atoms with Gasteiger partial charge in [0.1, 0.15) is 0 Å². The van der Waals surface area contributed by atoms with Crippen LogP contribution in [-0.2, 0) is 16.6 Å². The molecule has 2 rings (SSSR count). The third-order valence-electron chi connectivity index (χ3n) is 2.62. The van der Waals surface area contributed by atoms with Crippen LogP contribution in [-0.4, -0.2) is 24.3 Å². The predicted octanol–water partition coefficient (Wildman–Crippen LogP) is 3.15. The normalized spacial score (nSPS) is 12.0. The molecule has 0 aliphatic carbocycles. The molecule has 0 N–H and O–H groups in total. The quantitative estimate of drug-likeness (QED) is 0.844. The largest absolute Gasteiger partial charge is 0.263 e. The number of halogens is 2. The van der Waals surface area contributed by atoms with Crippen LogP contribution < -0.4 is 0 Å². The Labute approximate surface area is 125 Å². The van der Waals surface area contributed by atoms with Crippen molar-refractivity contribution in [2.75, 3.05) is 6.54 Å². The van der Waals surface area contributed by atoms with Crippen molar-refractivity contribution in [2.45, 2.75) is 18.5 Å². The summed E-state index contributed by atoms with van der Waals surface area (Å²) < 4.78 is 40.2. The van der Waals surface area contributed by atoms with E-state index < -0.39 is 20.9 Å². The number of hydrogen-bond acceptors (Lipinski definition) is 4. The zero-order valence-corrected chi connectivity index (χ0v) is 13.0. The minimum atomic E-state index is -3.96. The number of rotatable bonds is 5. The van der Waals surface area contributed by atoms with E-state index in [4.69, 9.17) is 11.6 Å². The summed E-state index contributed by atoms with van der Waals surface area (Å²) in [5.41, 5.74) is 0. The van der Waals surface area contributed by atoms with Crippen molar-refractivity contribution in [3.63, 3.8) is 0 Å². The number of sulfonamides is 1. The van der Waals surface area contributed by atoms with Gasteiger partial charge in [0.25, 0.3) is 10.0 Å². The third-order valence-corrected chi connectivity index (χ3v) is 5.69. The van der Waals surface area contributed by atoms with Crippen LogP contribution in [0.2, 0.25) is 4.34 Å². The molecular weight excluding hydrogens is 323 g/mol. The topological polar surface area (TPSA) is 50.3 Å². The zero-order valence-electron chi connectivity index (χ0n) is 10.6. The van der Waals surface area contributed by atoms with Crippen molar-refractivity contribution >= 4 is 33.0 Å². The molecule has 0 bridgehead atoms. The van der Waals surface area contributed by atoms with E-state index in [1.54, 1.807) is 19.1 Å². The maximum Gasteiger partial charge on any atom is 0.263 e. The van der Waals surface area contributed by atoms with E-state index in [-0.39, 0.29) is 13.1 Å². The van der Waals surface area contributed by atoms with E-state index in [1.165, 1.54) is 27.9 Å². The molecule has 0 saturated carbocycles. The van der Waals surface area contributed by atoms with Gasteiger partial charge in [-0.25, -0.2) is 17.8 Å². The monoisotopic (exact) mass is 334 g/mol. The molecule has 20 heavy (non-hydrogen) atoms. The smallest absolute Gasteiger partial charge is 0.241 e. The van der Waals surface area contributed by atoms with E-state index in [9.17, 15) is 12.8 Å². The van der Waals surface area contributed by atoms with Crippen molar-refractivity contribution in [3.8, 4) is 0 Å². The Bertz CT molecular complexity index is 703. The average molecular weight is 335 g/mol. The highest BCUT2D eigenvalue weighted by molar-refractivity contribution is 7.89. The Kier molecular flexibility index (Phi) is 4.74. The van der Waals surface area contributed by atoms with Gasteiger partial charge in [-0.05, 0) is 24.3 Å². The lowest BCUT2D eigenvalue weighted by molar-refractivity contribution is 0.418. The van der Waals surface area contributed by atoms with E-state index in [2.05, 4.69) is 4.98 Å². The predicted molar refractivity (Wildman–Crippen MR) is 76.8 cm³/mol. The molecule has 2 heterocycles. The van der Waals surface area contributed by atoms with Crippen LogP contribution in [0, 0.1) is 5.82 Å². The standard InChI is InChI=1S/C12H12ClFN2O2S2/c1-2-16(8-9-5-6-11(13)19-9)20(17,18)12-10(14)4-3-7-15-12/h3-7H,2,8H2,1H3. The molecule has 2 aromatic rings. The fourth-order valence-corrected chi connectivity index (χ4v) is 4.25. The van der Waals surface area contributed by atoms with Gasteiger partial charge in [0.15, 0.2) is 5.82 Å². The Morgan fingerprint density at radius 1 is 1.40 bits per heavy atom. The minimum absolute atomic E-state index is 0.145. The molecule has 0 spiro atoms. The SMILES string of the molecule is CCN(Cc1ccc(Cl)s1)S(=O)(=O)c1ncccc1F. The molecule has 0 aliphatic rings. The van der Waals surface area contributed by atoms with Crippen LogP contribution >= 0.6 is 22.9 Å². The third kappa shape index (κ3) is 3.17. The minimum Gasteiger partial charge on any atom is -0.241 e. The summed E-state index contributed by atoms with van der Waals surface area (Å²) in [4.78, 5) is 4.43. The van der Waals surface area contributed by atoms with Gasteiger partial charge in [-0.3, -0.25) is 0 Å². The number of hydrogen-bond donors (Lipinski definition) is 0. The van der Waals surface area contributed by atoms with Crippen LogP contribution in [0.25, 0.3) is 0 Å². The average Bonchev–Trinajstić information content (AvgIpc) is 2.81. The van der Waals surface area contributed by atoms with Crippen molar-refractivity contribution in [3.05, 3.63) is 45.5 Å². The van der Waals surface area contributed by atoms with Crippen molar-refractivity contribution in [1.82, 2.24) is 9.29 Å². The summed E-state index contributed by atoms with van der Waals surface area (Å²) in [5.74, 6) is -0.852. The van der Waals surface area contributed by atoms with Gasteiger partial charge in [0.2, 0.25) is 5.03 Å². The maximum atomic E-state index is 13.6. The summed E-state index contributed by atoms with van der Waals surface area (Å²) >= 11 is 7.11. The van der Waals surface area contributed by atoms with Crippen LogP contribution in [0.15, 0.2) is 35.5 Å². The summed E-state index contributed by atoms with van der Waals surface area (Å²) in [6.45, 7) is 2.05. The molecule has 0 fully saturated rings. The summed E-state index contributed by atoms with van der Waals surface area (Å²) in [6, 6.07) is 5.88. The molecule has 0 amide bonds. The zero-order chi connectivity index (χ0) is 14.8. The molecule has 0 radical (unpaired) electrons. The highest BCUT2D eigenvalue weighted by atomic mass is 35.5.